The standard InChI is InChI=1S/C14H26N4O/c1-6-18(7-2)14(19)8-9-15-11(3)13-10-17(5)16-12(13)4/h10-11,15H,6-9H2,1-5H3. The third-order valence-electron chi connectivity index (χ3n) is 3.42. The number of aryl methyl sites for hydroxylation is 2. The fourth-order valence-corrected chi connectivity index (χ4v) is 2.28. The zero-order valence-corrected chi connectivity index (χ0v) is 12.7. The van der Waals surface area contributed by atoms with Crippen molar-refractivity contribution in [3.8, 4) is 0 Å². The first-order valence-electron chi connectivity index (χ1n) is 7.00. The first-order chi connectivity index (χ1) is 8.99. The van der Waals surface area contributed by atoms with Crippen molar-refractivity contribution in [2.75, 3.05) is 19.6 Å². The van der Waals surface area contributed by atoms with Gasteiger partial charge < -0.3 is 10.2 Å². The van der Waals surface area contributed by atoms with Crippen molar-refractivity contribution in [1.82, 2.24) is 20.0 Å². The Kier molecular flexibility index (Phi) is 6.02. The summed E-state index contributed by atoms with van der Waals surface area (Å²) in [4.78, 5) is 13.7. The Morgan fingerprint density at radius 2 is 2.11 bits per heavy atom. The van der Waals surface area contributed by atoms with E-state index >= 15 is 0 Å². The topological polar surface area (TPSA) is 50.2 Å². The van der Waals surface area contributed by atoms with E-state index in [0.717, 1.165) is 18.8 Å². The molecule has 0 saturated carbocycles. The van der Waals surface area contributed by atoms with Gasteiger partial charge in [-0.25, -0.2) is 0 Å². The van der Waals surface area contributed by atoms with Gasteiger partial charge in [-0.2, -0.15) is 5.10 Å². The average Bonchev–Trinajstić information content (AvgIpc) is 2.70. The molecular weight excluding hydrogens is 240 g/mol. The minimum atomic E-state index is 0.215. The number of nitrogens with zero attached hydrogens (tertiary/aromatic N) is 3. The monoisotopic (exact) mass is 266 g/mol. The molecule has 1 rings (SSSR count). The van der Waals surface area contributed by atoms with Gasteiger partial charge in [-0.1, -0.05) is 0 Å². The Bertz CT molecular complexity index is 410. The van der Waals surface area contributed by atoms with Crippen molar-refractivity contribution < 1.29 is 4.79 Å². The van der Waals surface area contributed by atoms with E-state index in [1.807, 2.05) is 43.6 Å². The van der Waals surface area contributed by atoms with Gasteiger partial charge in [-0.05, 0) is 27.7 Å². The summed E-state index contributed by atoms with van der Waals surface area (Å²) in [7, 11) is 1.92. The van der Waals surface area contributed by atoms with Crippen LogP contribution in [0.4, 0.5) is 0 Å². The van der Waals surface area contributed by atoms with Crippen LogP contribution in [0.3, 0.4) is 0 Å². The molecule has 5 heteroatoms. The normalized spacial score (nSPS) is 12.5. The molecule has 0 aliphatic rings. The number of amides is 1. The first kappa shape index (κ1) is 15.7. The lowest BCUT2D eigenvalue weighted by Crippen LogP contribution is -2.33. The van der Waals surface area contributed by atoms with Crippen molar-refractivity contribution in [3.05, 3.63) is 17.5 Å². The Hall–Kier alpha value is -1.36. The quantitative estimate of drug-likeness (QED) is 0.816. The highest BCUT2D eigenvalue weighted by atomic mass is 16.2. The maximum Gasteiger partial charge on any atom is 0.223 e. The molecule has 1 amide bonds. The largest absolute Gasteiger partial charge is 0.343 e. The van der Waals surface area contributed by atoms with Gasteiger partial charge in [0.2, 0.25) is 5.91 Å². The molecule has 1 heterocycles. The predicted molar refractivity (Wildman–Crippen MR) is 76.9 cm³/mol. The lowest BCUT2D eigenvalue weighted by Gasteiger charge is -2.19. The van der Waals surface area contributed by atoms with Crippen LogP contribution in [0.15, 0.2) is 6.20 Å². The van der Waals surface area contributed by atoms with Crippen LogP contribution < -0.4 is 5.32 Å². The van der Waals surface area contributed by atoms with E-state index < -0.39 is 0 Å². The molecule has 1 aromatic heterocycles. The van der Waals surface area contributed by atoms with E-state index in [4.69, 9.17) is 0 Å². The van der Waals surface area contributed by atoms with Crippen LogP contribution in [0.1, 0.15) is 44.5 Å². The van der Waals surface area contributed by atoms with Gasteiger partial charge >= 0.3 is 0 Å². The molecule has 0 saturated heterocycles. The fraction of sp³-hybridized carbons (Fsp3) is 0.714. The van der Waals surface area contributed by atoms with Crippen LogP contribution in [-0.2, 0) is 11.8 Å². The van der Waals surface area contributed by atoms with Crippen LogP contribution in [0, 0.1) is 6.92 Å². The zero-order chi connectivity index (χ0) is 14.4. The maximum atomic E-state index is 11.9. The first-order valence-corrected chi connectivity index (χ1v) is 7.00. The summed E-state index contributed by atoms with van der Waals surface area (Å²) >= 11 is 0. The molecule has 0 aliphatic heterocycles. The molecule has 5 nitrogen and oxygen atoms in total. The van der Waals surface area contributed by atoms with Crippen LogP contribution in [0.2, 0.25) is 0 Å². The van der Waals surface area contributed by atoms with Gasteiger partial charge in [0.15, 0.2) is 0 Å². The van der Waals surface area contributed by atoms with Crippen LogP contribution in [0.5, 0.6) is 0 Å². The minimum absolute atomic E-state index is 0.215. The second kappa shape index (κ2) is 7.28. The van der Waals surface area contributed by atoms with E-state index in [2.05, 4.69) is 17.3 Å². The lowest BCUT2D eigenvalue weighted by molar-refractivity contribution is -0.130. The highest BCUT2D eigenvalue weighted by Gasteiger charge is 2.13. The number of aromatic nitrogens is 2. The number of nitrogens with one attached hydrogen (secondary N) is 1. The number of hydrogen-bond donors (Lipinski definition) is 1. The molecule has 0 aliphatic carbocycles. The molecule has 0 aromatic carbocycles. The number of rotatable bonds is 7. The molecule has 0 fully saturated rings. The van der Waals surface area contributed by atoms with Gasteiger partial charge in [-0.15, -0.1) is 0 Å². The summed E-state index contributed by atoms with van der Waals surface area (Å²) in [5, 5.41) is 7.72. The molecule has 0 spiro atoms. The SMILES string of the molecule is CCN(CC)C(=O)CCNC(C)c1cn(C)nc1C. The molecular formula is C14H26N4O. The van der Waals surface area contributed by atoms with Gasteiger partial charge in [0.05, 0.1) is 5.69 Å². The minimum Gasteiger partial charge on any atom is -0.343 e. The molecule has 1 atom stereocenters. The summed E-state index contributed by atoms with van der Waals surface area (Å²) in [6, 6.07) is 0.221. The number of hydrogen-bond acceptors (Lipinski definition) is 3. The molecule has 108 valence electrons. The Balaban J connectivity index is 2.41. The lowest BCUT2D eigenvalue weighted by atomic mass is 10.1. The summed E-state index contributed by atoms with van der Waals surface area (Å²) in [5.41, 5.74) is 2.23. The second-order valence-corrected chi connectivity index (χ2v) is 4.84. The molecule has 0 radical (unpaired) electrons. The van der Waals surface area contributed by atoms with E-state index in [1.54, 1.807) is 0 Å². The molecule has 1 aromatic rings. The average molecular weight is 266 g/mol. The van der Waals surface area contributed by atoms with Gasteiger partial charge in [0.25, 0.3) is 0 Å². The Labute approximate surface area is 116 Å². The third-order valence-corrected chi connectivity index (χ3v) is 3.42. The third kappa shape index (κ3) is 4.35. The zero-order valence-electron chi connectivity index (χ0n) is 12.7. The van der Waals surface area contributed by atoms with Crippen molar-refractivity contribution in [2.45, 2.75) is 40.2 Å². The van der Waals surface area contributed by atoms with Gasteiger partial charge in [0.1, 0.15) is 0 Å². The highest BCUT2D eigenvalue weighted by Crippen LogP contribution is 2.15. The van der Waals surface area contributed by atoms with Crippen molar-refractivity contribution in [3.63, 3.8) is 0 Å². The van der Waals surface area contributed by atoms with Crippen LogP contribution >= 0.6 is 0 Å². The summed E-state index contributed by atoms with van der Waals surface area (Å²) in [6.45, 7) is 10.4. The fourth-order valence-electron chi connectivity index (χ4n) is 2.28. The molecule has 1 N–H and O–H groups in total. The van der Waals surface area contributed by atoms with Gasteiger partial charge in [0, 0.05) is 50.9 Å². The summed E-state index contributed by atoms with van der Waals surface area (Å²) in [5.74, 6) is 0.215. The van der Waals surface area contributed by atoms with Crippen molar-refractivity contribution >= 4 is 5.91 Å². The smallest absolute Gasteiger partial charge is 0.223 e. The summed E-state index contributed by atoms with van der Waals surface area (Å²) < 4.78 is 1.82. The highest BCUT2D eigenvalue weighted by molar-refractivity contribution is 5.76. The van der Waals surface area contributed by atoms with E-state index in [1.165, 1.54) is 5.56 Å². The molecule has 0 bridgehead atoms. The van der Waals surface area contributed by atoms with Crippen molar-refractivity contribution in [2.24, 2.45) is 7.05 Å². The number of carbonyl (C=O) groups excluding carboxylic acids is 1. The van der Waals surface area contributed by atoms with E-state index in [0.29, 0.717) is 13.0 Å². The van der Waals surface area contributed by atoms with Crippen LogP contribution in [0.25, 0.3) is 0 Å². The second-order valence-electron chi connectivity index (χ2n) is 4.84. The molecule has 1 unspecified atom stereocenters. The van der Waals surface area contributed by atoms with Crippen LogP contribution in [-0.4, -0.2) is 40.2 Å². The summed E-state index contributed by atoms with van der Waals surface area (Å²) in [6.07, 6.45) is 2.57. The Morgan fingerprint density at radius 1 is 1.47 bits per heavy atom. The number of carbonyl (C=O) groups is 1. The Morgan fingerprint density at radius 3 is 2.58 bits per heavy atom. The van der Waals surface area contributed by atoms with E-state index in [-0.39, 0.29) is 11.9 Å². The van der Waals surface area contributed by atoms with E-state index in [9.17, 15) is 4.79 Å². The predicted octanol–water partition coefficient (Wildman–Crippen LogP) is 1.64. The van der Waals surface area contributed by atoms with Gasteiger partial charge in [-0.3, -0.25) is 9.48 Å². The molecule has 19 heavy (non-hydrogen) atoms. The van der Waals surface area contributed by atoms with Crippen molar-refractivity contribution in [1.29, 1.82) is 0 Å². The maximum absolute atomic E-state index is 11.9.